The summed E-state index contributed by atoms with van der Waals surface area (Å²) in [6.07, 6.45) is 6.67. The first-order valence-electron chi connectivity index (χ1n) is 14.4. The van der Waals surface area contributed by atoms with Gasteiger partial charge < -0.3 is 15.8 Å². The molecule has 2 aromatic carbocycles. The van der Waals surface area contributed by atoms with Crippen molar-refractivity contribution in [2.75, 3.05) is 17.7 Å². The van der Waals surface area contributed by atoms with E-state index in [1.807, 2.05) is 25.1 Å². The van der Waals surface area contributed by atoms with Crippen molar-refractivity contribution in [1.29, 1.82) is 0 Å². The molecule has 1 aliphatic carbocycles. The fourth-order valence-corrected chi connectivity index (χ4v) is 6.63. The van der Waals surface area contributed by atoms with E-state index in [0.29, 0.717) is 35.2 Å². The average Bonchev–Trinajstić information content (AvgIpc) is 3.46. The molecule has 3 heterocycles. The van der Waals surface area contributed by atoms with Crippen molar-refractivity contribution < 1.29 is 18.7 Å². The zero-order valence-corrected chi connectivity index (χ0v) is 24.7. The fraction of sp³-hybridized carbons (Fsp3) is 0.344. The van der Waals surface area contributed by atoms with Gasteiger partial charge in [0.25, 0.3) is 0 Å². The number of allylic oxidation sites excluding steroid dienone is 1. The summed E-state index contributed by atoms with van der Waals surface area (Å²) in [5, 5.41) is 9.04. The van der Waals surface area contributed by atoms with E-state index in [-0.39, 0.29) is 41.2 Å². The fourth-order valence-electron chi connectivity index (χ4n) is 6.46. The maximum atomic E-state index is 13.9. The summed E-state index contributed by atoms with van der Waals surface area (Å²) in [4.78, 5) is 34.7. The number of hydrogen-bond donors (Lipinski definition) is 2. The lowest BCUT2D eigenvalue weighted by molar-refractivity contribution is -0.137. The van der Waals surface area contributed by atoms with Gasteiger partial charge in [-0.05, 0) is 87.3 Å². The lowest BCUT2D eigenvalue weighted by Gasteiger charge is -2.37. The van der Waals surface area contributed by atoms with E-state index in [2.05, 4.69) is 10.3 Å². The predicted molar refractivity (Wildman–Crippen MR) is 163 cm³/mol. The van der Waals surface area contributed by atoms with Gasteiger partial charge in [0.15, 0.2) is 5.82 Å². The molecule has 9 nitrogen and oxygen atoms in total. The molecular weight excluding hydrogens is 571 g/mol. The molecule has 1 aliphatic heterocycles. The Morgan fingerprint density at radius 3 is 2.74 bits per heavy atom. The van der Waals surface area contributed by atoms with Gasteiger partial charge in [-0.15, -0.1) is 0 Å². The van der Waals surface area contributed by atoms with E-state index in [0.717, 1.165) is 42.1 Å². The Labute approximate surface area is 253 Å². The van der Waals surface area contributed by atoms with Crippen LogP contribution in [0.5, 0.6) is 0 Å². The normalized spacial score (nSPS) is 21.7. The first-order chi connectivity index (χ1) is 20.7. The first-order valence-corrected chi connectivity index (χ1v) is 14.8. The smallest absolute Gasteiger partial charge is 0.330 e. The quantitative estimate of drug-likeness (QED) is 0.195. The summed E-state index contributed by atoms with van der Waals surface area (Å²) in [7, 11) is 0. The number of rotatable bonds is 7. The zero-order chi connectivity index (χ0) is 30.3. The highest BCUT2D eigenvalue weighted by Gasteiger charge is 2.51. The van der Waals surface area contributed by atoms with Crippen LogP contribution < -0.4 is 11.1 Å². The van der Waals surface area contributed by atoms with Gasteiger partial charge >= 0.3 is 5.97 Å². The molecule has 0 spiro atoms. The number of nitrogens with zero attached hydrogens (tertiary/aromatic N) is 4. The summed E-state index contributed by atoms with van der Waals surface area (Å²) in [5.74, 6) is 0.351. The van der Waals surface area contributed by atoms with Crippen molar-refractivity contribution in [3.63, 3.8) is 0 Å². The van der Waals surface area contributed by atoms with Gasteiger partial charge in [0.1, 0.15) is 23.1 Å². The summed E-state index contributed by atoms with van der Waals surface area (Å²) in [6.45, 7) is 4.34. The predicted octanol–water partition coefficient (Wildman–Crippen LogP) is 6.05. The number of carbonyl (C=O) groups excluding carboxylic acids is 2. The molecule has 2 aromatic heterocycles. The molecule has 0 saturated heterocycles. The third-order valence-corrected chi connectivity index (χ3v) is 8.92. The van der Waals surface area contributed by atoms with Crippen molar-refractivity contribution in [3.05, 3.63) is 76.6 Å². The molecule has 1 saturated carbocycles. The molecule has 6 rings (SSSR count). The van der Waals surface area contributed by atoms with E-state index < -0.39 is 5.41 Å². The minimum absolute atomic E-state index is 0.0335. The van der Waals surface area contributed by atoms with Crippen LogP contribution in [-0.4, -0.2) is 38.2 Å². The van der Waals surface area contributed by atoms with Crippen molar-refractivity contribution >= 4 is 46.0 Å². The lowest BCUT2D eigenvalue weighted by atomic mass is 9.65. The van der Waals surface area contributed by atoms with Crippen LogP contribution in [-0.2, 0) is 26.3 Å². The second-order valence-electron chi connectivity index (χ2n) is 11.3. The van der Waals surface area contributed by atoms with Crippen molar-refractivity contribution in [2.24, 2.45) is 11.8 Å². The van der Waals surface area contributed by atoms with Crippen LogP contribution in [0.1, 0.15) is 50.7 Å². The van der Waals surface area contributed by atoms with Crippen LogP contribution in [0.15, 0.2) is 54.6 Å². The third-order valence-electron chi connectivity index (χ3n) is 8.69. The number of carbonyl (C=O) groups is 2. The van der Waals surface area contributed by atoms with Crippen LogP contribution in [0.2, 0.25) is 5.02 Å². The second kappa shape index (κ2) is 11.4. The number of hydrogen-bond acceptors (Lipinski definition) is 7. The zero-order valence-electron chi connectivity index (χ0n) is 23.9. The summed E-state index contributed by atoms with van der Waals surface area (Å²) < 4.78 is 20.6. The maximum absolute atomic E-state index is 13.9. The number of fused-ring (bicyclic) bond motifs is 2. The Kier molecular flexibility index (Phi) is 7.64. The van der Waals surface area contributed by atoms with Gasteiger partial charge in [0.2, 0.25) is 5.91 Å². The highest BCUT2D eigenvalue weighted by molar-refractivity contribution is 6.31. The number of esters is 1. The molecule has 1 fully saturated rings. The third kappa shape index (κ3) is 5.35. The molecule has 0 bridgehead atoms. The molecule has 0 radical (unpaired) electrons. The Morgan fingerprint density at radius 1 is 1.21 bits per heavy atom. The number of anilines is 2. The van der Waals surface area contributed by atoms with Gasteiger partial charge in [0.05, 0.1) is 29.6 Å². The maximum Gasteiger partial charge on any atom is 0.330 e. The van der Waals surface area contributed by atoms with Crippen LogP contribution in [0.4, 0.5) is 16.0 Å². The Bertz CT molecular complexity index is 1760. The molecule has 1 unspecified atom stereocenters. The van der Waals surface area contributed by atoms with Gasteiger partial charge in [0, 0.05) is 16.5 Å². The SMILES string of the molecule is CCOC(=O)C=CC1CCC(C2(C)C(=O)Nc3nc(-c4nn(Cc5cccc(F)c5)c5cc(Cl)ccc45)nc(N)c32)CC1. The Hall–Kier alpha value is -4.31. The highest BCUT2D eigenvalue weighted by Crippen LogP contribution is 2.50. The molecule has 43 heavy (non-hydrogen) atoms. The standard InChI is InChI=1S/C32H32ClFN6O3/c1-3-43-25(41)14-9-18-7-10-20(11-8-18)32(2)26-28(35)36-30(37-29(26)38-31(32)42)27-23-13-12-21(33)16-24(23)40(39-27)17-19-5-4-6-22(34)15-19/h4-6,9,12-16,18,20H,3,7-8,10-11,17H2,1-2H3,(H3,35,36,37,38,42). The first kappa shape index (κ1) is 28.8. The number of amides is 1. The lowest BCUT2D eigenvalue weighted by Crippen LogP contribution is -2.41. The van der Waals surface area contributed by atoms with E-state index in [9.17, 15) is 14.0 Å². The minimum atomic E-state index is -0.889. The highest BCUT2D eigenvalue weighted by atomic mass is 35.5. The number of halogens is 2. The van der Waals surface area contributed by atoms with Gasteiger partial charge in [-0.25, -0.2) is 19.2 Å². The van der Waals surface area contributed by atoms with Crippen LogP contribution in [0.25, 0.3) is 22.4 Å². The van der Waals surface area contributed by atoms with Gasteiger partial charge in [-0.2, -0.15) is 5.10 Å². The molecule has 11 heteroatoms. The molecule has 3 N–H and O–H groups in total. The van der Waals surface area contributed by atoms with Crippen molar-refractivity contribution in [3.8, 4) is 11.5 Å². The molecule has 1 atom stereocenters. The molecular formula is C32H32ClFN6O3. The Balaban J connectivity index is 1.31. The minimum Gasteiger partial charge on any atom is -0.463 e. The van der Waals surface area contributed by atoms with E-state index in [4.69, 9.17) is 32.2 Å². The van der Waals surface area contributed by atoms with E-state index in [1.165, 1.54) is 18.2 Å². The van der Waals surface area contributed by atoms with Crippen LogP contribution in [0.3, 0.4) is 0 Å². The van der Waals surface area contributed by atoms with Crippen molar-refractivity contribution in [1.82, 2.24) is 19.7 Å². The number of ether oxygens (including phenoxy) is 1. The van der Waals surface area contributed by atoms with Gasteiger partial charge in [-0.1, -0.05) is 29.8 Å². The van der Waals surface area contributed by atoms with Crippen LogP contribution >= 0.6 is 11.6 Å². The van der Waals surface area contributed by atoms with E-state index in [1.54, 1.807) is 29.8 Å². The summed E-state index contributed by atoms with van der Waals surface area (Å²) >= 11 is 6.33. The number of nitrogen functional groups attached to an aromatic ring is 1. The molecule has 1 amide bonds. The average molecular weight is 603 g/mol. The summed E-state index contributed by atoms with van der Waals surface area (Å²) in [5.41, 5.74) is 8.27. The second-order valence-corrected chi connectivity index (χ2v) is 11.8. The monoisotopic (exact) mass is 602 g/mol. The molecule has 2 aliphatic rings. The van der Waals surface area contributed by atoms with E-state index >= 15 is 0 Å². The Morgan fingerprint density at radius 2 is 2.00 bits per heavy atom. The molecule has 4 aromatic rings. The topological polar surface area (TPSA) is 125 Å². The van der Waals surface area contributed by atoms with Gasteiger partial charge in [-0.3, -0.25) is 9.48 Å². The van der Waals surface area contributed by atoms with Crippen LogP contribution in [0, 0.1) is 17.7 Å². The largest absolute Gasteiger partial charge is 0.463 e. The number of nitrogens with two attached hydrogens (primary N) is 1. The number of benzene rings is 2. The number of aromatic nitrogens is 4. The van der Waals surface area contributed by atoms with Crippen molar-refractivity contribution in [2.45, 2.75) is 51.5 Å². The number of nitrogens with one attached hydrogen (secondary N) is 1. The molecule has 222 valence electrons. The summed E-state index contributed by atoms with van der Waals surface area (Å²) in [6, 6.07) is 11.7.